The van der Waals surface area contributed by atoms with Crippen LogP contribution in [0, 0.1) is 6.92 Å². The van der Waals surface area contributed by atoms with Crippen LogP contribution in [0.25, 0.3) is 0 Å². The van der Waals surface area contributed by atoms with Gasteiger partial charge in [-0.1, -0.05) is 0 Å². The molecule has 2 aliphatic rings. The molecule has 7 nitrogen and oxygen atoms in total. The number of hydrogen-bond acceptors (Lipinski definition) is 4. The second kappa shape index (κ2) is 9.07. The highest BCUT2D eigenvalue weighted by atomic mass is 16.3. The molecule has 0 spiro atoms. The maximum atomic E-state index is 12.0. The van der Waals surface area contributed by atoms with E-state index >= 15 is 0 Å². The number of furan rings is 1. The monoisotopic (exact) mass is 361 g/mol. The summed E-state index contributed by atoms with van der Waals surface area (Å²) in [5.41, 5.74) is 0.864. The van der Waals surface area contributed by atoms with Crippen molar-refractivity contribution in [3.05, 3.63) is 23.7 Å². The molecule has 2 aliphatic heterocycles. The first-order valence-electron chi connectivity index (χ1n) is 9.71. The number of rotatable bonds is 6. The predicted molar refractivity (Wildman–Crippen MR) is 103 cm³/mol. The third kappa shape index (κ3) is 4.58. The molecular formula is C19H31N5O2. The molecule has 144 valence electrons. The van der Waals surface area contributed by atoms with Crippen molar-refractivity contribution in [1.82, 2.24) is 20.4 Å². The molecule has 2 saturated heterocycles. The van der Waals surface area contributed by atoms with Crippen LogP contribution in [0.2, 0.25) is 0 Å². The van der Waals surface area contributed by atoms with Gasteiger partial charge < -0.3 is 20.0 Å². The van der Waals surface area contributed by atoms with Gasteiger partial charge in [-0.25, -0.2) is 0 Å². The van der Waals surface area contributed by atoms with E-state index in [0.29, 0.717) is 18.3 Å². The molecule has 0 saturated carbocycles. The Morgan fingerprint density at radius 3 is 2.73 bits per heavy atom. The van der Waals surface area contributed by atoms with Crippen LogP contribution in [0.15, 0.2) is 21.7 Å². The fourth-order valence-corrected chi connectivity index (χ4v) is 3.85. The predicted octanol–water partition coefficient (Wildman–Crippen LogP) is 1.45. The van der Waals surface area contributed by atoms with Crippen molar-refractivity contribution >= 4 is 11.9 Å². The smallest absolute Gasteiger partial charge is 0.287 e. The molecule has 3 heterocycles. The minimum Gasteiger partial charge on any atom is -0.459 e. The molecule has 1 aromatic rings. The Bertz CT molecular complexity index is 621. The van der Waals surface area contributed by atoms with Crippen LogP contribution in [0.1, 0.15) is 41.8 Å². The van der Waals surface area contributed by atoms with Gasteiger partial charge in [0.05, 0.1) is 6.26 Å². The van der Waals surface area contributed by atoms with Crippen LogP contribution in [0.4, 0.5) is 0 Å². The number of guanidine groups is 1. The Balaban J connectivity index is 1.34. The first-order chi connectivity index (χ1) is 12.7. The molecule has 1 amide bonds. The Morgan fingerprint density at radius 2 is 2.04 bits per heavy atom. The molecule has 0 aliphatic carbocycles. The van der Waals surface area contributed by atoms with E-state index in [2.05, 4.69) is 25.4 Å². The second-order valence-electron chi connectivity index (χ2n) is 7.15. The Kier molecular flexibility index (Phi) is 6.55. The van der Waals surface area contributed by atoms with Gasteiger partial charge in [-0.05, 0) is 51.8 Å². The molecule has 1 atom stereocenters. The largest absolute Gasteiger partial charge is 0.459 e. The van der Waals surface area contributed by atoms with Crippen molar-refractivity contribution in [2.75, 3.05) is 46.3 Å². The molecule has 26 heavy (non-hydrogen) atoms. The second-order valence-corrected chi connectivity index (χ2v) is 7.15. The Labute approximate surface area is 155 Å². The van der Waals surface area contributed by atoms with Gasteiger partial charge in [-0.2, -0.15) is 0 Å². The lowest BCUT2D eigenvalue weighted by molar-refractivity contribution is 0.0925. The zero-order valence-electron chi connectivity index (χ0n) is 16.0. The van der Waals surface area contributed by atoms with E-state index in [0.717, 1.165) is 37.6 Å². The van der Waals surface area contributed by atoms with Crippen molar-refractivity contribution in [3.63, 3.8) is 0 Å². The summed E-state index contributed by atoms with van der Waals surface area (Å²) in [5, 5.41) is 6.32. The van der Waals surface area contributed by atoms with E-state index in [1.54, 1.807) is 12.3 Å². The average molecular weight is 361 g/mol. The lowest BCUT2D eigenvalue weighted by atomic mass is 10.2. The first kappa shape index (κ1) is 18.8. The van der Waals surface area contributed by atoms with Crippen molar-refractivity contribution < 1.29 is 9.21 Å². The number of nitrogens with one attached hydrogen (secondary N) is 2. The maximum Gasteiger partial charge on any atom is 0.287 e. The molecule has 2 N–H and O–H groups in total. The molecule has 0 aromatic carbocycles. The van der Waals surface area contributed by atoms with Gasteiger partial charge in [0, 0.05) is 44.8 Å². The van der Waals surface area contributed by atoms with Gasteiger partial charge in [0.1, 0.15) is 0 Å². The number of carbonyl (C=O) groups excluding carboxylic acids is 1. The zero-order chi connectivity index (χ0) is 18.4. The van der Waals surface area contributed by atoms with E-state index in [9.17, 15) is 4.79 Å². The molecule has 7 heteroatoms. The lowest BCUT2D eigenvalue weighted by Crippen LogP contribution is -2.43. The summed E-state index contributed by atoms with van der Waals surface area (Å²) in [5.74, 6) is 1.23. The number of hydrogen-bond donors (Lipinski definition) is 2. The number of aryl methyl sites for hydroxylation is 1. The van der Waals surface area contributed by atoms with E-state index in [1.807, 2.05) is 14.0 Å². The number of aliphatic imine (C=N–C) groups is 1. The lowest BCUT2D eigenvalue weighted by Gasteiger charge is -2.25. The van der Waals surface area contributed by atoms with E-state index in [-0.39, 0.29) is 5.91 Å². The molecule has 0 bridgehead atoms. The van der Waals surface area contributed by atoms with Gasteiger partial charge in [-0.15, -0.1) is 0 Å². The molecule has 0 radical (unpaired) electrons. The summed E-state index contributed by atoms with van der Waals surface area (Å²) in [6.07, 6.45) is 6.29. The zero-order valence-corrected chi connectivity index (χ0v) is 16.0. The number of amides is 1. The van der Waals surface area contributed by atoms with Crippen molar-refractivity contribution in [3.8, 4) is 0 Å². The quantitative estimate of drug-likeness (QED) is 0.456. The van der Waals surface area contributed by atoms with Crippen LogP contribution < -0.4 is 10.6 Å². The van der Waals surface area contributed by atoms with E-state index < -0.39 is 0 Å². The highest BCUT2D eigenvalue weighted by molar-refractivity contribution is 5.92. The molecule has 2 fully saturated rings. The summed E-state index contributed by atoms with van der Waals surface area (Å²) in [6.45, 7) is 7.89. The van der Waals surface area contributed by atoms with Crippen LogP contribution in [0.5, 0.6) is 0 Å². The summed E-state index contributed by atoms with van der Waals surface area (Å²) >= 11 is 0. The first-order valence-corrected chi connectivity index (χ1v) is 9.71. The average Bonchev–Trinajstić information content (AvgIpc) is 3.38. The third-order valence-electron chi connectivity index (χ3n) is 5.32. The summed E-state index contributed by atoms with van der Waals surface area (Å²) in [6, 6.07) is 2.47. The van der Waals surface area contributed by atoms with Gasteiger partial charge in [0.2, 0.25) is 0 Å². The van der Waals surface area contributed by atoms with Crippen LogP contribution in [-0.2, 0) is 0 Å². The molecule has 1 aromatic heterocycles. The van der Waals surface area contributed by atoms with Crippen molar-refractivity contribution in [2.24, 2.45) is 4.99 Å². The topological polar surface area (TPSA) is 73.1 Å². The fourth-order valence-electron chi connectivity index (χ4n) is 3.85. The fraction of sp³-hybridized carbons (Fsp3) is 0.684. The SMILES string of the molecule is CN=C(NCCCNC(=O)c1occc1C)N1CCC(N2CCCC2)C1. The van der Waals surface area contributed by atoms with Crippen LogP contribution in [-0.4, -0.2) is 74.0 Å². The summed E-state index contributed by atoms with van der Waals surface area (Å²) in [4.78, 5) is 21.4. The maximum absolute atomic E-state index is 12.0. The molecule has 1 unspecified atom stereocenters. The minimum absolute atomic E-state index is 0.148. The van der Waals surface area contributed by atoms with Crippen molar-refractivity contribution in [2.45, 2.75) is 38.6 Å². The number of likely N-dealkylation sites (tertiary alicyclic amines) is 2. The molecular weight excluding hydrogens is 330 g/mol. The Morgan fingerprint density at radius 1 is 1.27 bits per heavy atom. The summed E-state index contributed by atoms with van der Waals surface area (Å²) < 4.78 is 5.20. The molecule has 3 rings (SSSR count). The van der Waals surface area contributed by atoms with Gasteiger partial charge in [0.25, 0.3) is 5.91 Å². The number of nitrogens with zero attached hydrogens (tertiary/aromatic N) is 3. The Hall–Kier alpha value is -2.02. The standard InChI is InChI=1S/C19H31N5O2/c1-15-7-13-26-17(15)18(25)21-8-5-9-22-19(20-2)24-12-6-16(14-24)23-10-3-4-11-23/h7,13,16H,3-6,8-12,14H2,1-2H3,(H,20,22)(H,21,25). The van der Waals surface area contributed by atoms with Gasteiger partial charge >= 0.3 is 0 Å². The van der Waals surface area contributed by atoms with Gasteiger partial charge in [0.15, 0.2) is 11.7 Å². The summed E-state index contributed by atoms with van der Waals surface area (Å²) in [7, 11) is 1.84. The number of carbonyl (C=O) groups is 1. The van der Waals surface area contributed by atoms with Gasteiger partial charge in [-0.3, -0.25) is 14.7 Å². The van der Waals surface area contributed by atoms with Crippen LogP contribution in [0.3, 0.4) is 0 Å². The highest BCUT2D eigenvalue weighted by Crippen LogP contribution is 2.20. The minimum atomic E-state index is -0.148. The normalized spacial score (nSPS) is 21.4. The van der Waals surface area contributed by atoms with E-state index in [1.165, 1.54) is 32.4 Å². The highest BCUT2D eigenvalue weighted by Gasteiger charge is 2.30. The van der Waals surface area contributed by atoms with E-state index in [4.69, 9.17) is 4.42 Å². The van der Waals surface area contributed by atoms with Crippen LogP contribution >= 0.6 is 0 Å². The third-order valence-corrected chi connectivity index (χ3v) is 5.32. The van der Waals surface area contributed by atoms with Crippen molar-refractivity contribution in [1.29, 1.82) is 0 Å².